The molecule has 0 unspecified atom stereocenters. The molecule has 6 nitrogen and oxygen atoms in total. The molecule has 1 amide bonds. The Morgan fingerprint density at radius 2 is 2.12 bits per heavy atom. The van der Waals surface area contributed by atoms with Gasteiger partial charge in [-0.05, 0) is 87.4 Å². The van der Waals surface area contributed by atoms with E-state index in [0.717, 1.165) is 57.1 Å². The van der Waals surface area contributed by atoms with Gasteiger partial charge in [0.25, 0.3) is 0 Å². The summed E-state index contributed by atoms with van der Waals surface area (Å²) in [6, 6.07) is 7.55. The number of ether oxygens (including phenoxy) is 2. The molecule has 0 radical (unpaired) electrons. The summed E-state index contributed by atoms with van der Waals surface area (Å²) in [7, 11) is 3.46. The predicted octanol–water partition coefficient (Wildman–Crippen LogP) is 4.36. The van der Waals surface area contributed by atoms with Crippen LogP contribution in [-0.4, -0.2) is 62.5 Å². The number of likely N-dealkylation sites (tertiary alicyclic amines) is 1. The third-order valence-corrected chi connectivity index (χ3v) is 8.15. The van der Waals surface area contributed by atoms with E-state index < -0.39 is 5.60 Å². The molecule has 3 rings (SSSR count). The molecule has 1 aromatic carbocycles. The van der Waals surface area contributed by atoms with Crippen LogP contribution in [0.3, 0.4) is 0 Å². The molecule has 1 heterocycles. The Hall–Kier alpha value is -1.18. The van der Waals surface area contributed by atoms with E-state index in [1.54, 1.807) is 14.2 Å². The molecule has 7 heteroatoms. The Balaban J connectivity index is 1.64. The number of rotatable bonds is 13. The summed E-state index contributed by atoms with van der Waals surface area (Å²) >= 11 is 6.29. The minimum Gasteiger partial charge on any atom is -0.385 e. The number of amides is 1. The second-order valence-corrected chi connectivity index (χ2v) is 10.7. The molecule has 3 N–H and O–H groups in total. The van der Waals surface area contributed by atoms with Crippen molar-refractivity contribution in [1.29, 1.82) is 0 Å². The number of nitrogens with two attached hydrogens (primary N) is 1. The zero-order valence-corrected chi connectivity index (χ0v) is 21.6. The van der Waals surface area contributed by atoms with Gasteiger partial charge >= 0.3 is 0 Å². The van der Waals surface area contributed by atoms with E-state index in [9.17, 15) is 9.90 Å². The first-order chi connectivity index (χ1) is 16.4. The third kappa shape index (κ3) is 7.17. The summed E-state index contributed by atoms with van der Waals surface area (Å²) in [4.78, 5) is 15.2. The van der Waals surface area contributed by atoms with Crippen molar-refractivity contribution in [2.75, 3.05) is 40.5 Å². The lowest BCUT2D eigenvalue weighted by molar-refractivity contribution is -0.138. The molecule has 1 saturated heterocycles. The summed E-state index contributed by atoms with van der Waals surface area (Å²) in [5.74, 6) is 0.948. The van der Waals surface area contributed by atoms with Crippen LogP contribution >= 0.6 is 11.6 Å². The lowest BCUT2D eigenvalue weighted by Crippen LogP contribution is -2.48. The summed E-state index contributed by atoms with van der Waals surface area (Å²) in [5.41, 5.74) is 5.87. The maximum atomic E-state index is 13.3. The Kier molecular flexibility index (Phi) is 10.7. The lowest BCUT2D eigenvalue weighted by Gasteiger charge is -2.43. The van der Waals surface area contributed by atoms with Crippen LogP contribution in [0.2, 0.25) is 5.02 Å². The van der Waals surface area contributed by atoms with Crippen molar-refractivity contribution in [2.45, 2.75) is 69.5 Å². The van der Waals surface area contributed by atoms with Crippen LogP contribution in [0.25, 0.3) is 0 Å². The van der Waals surface area contributed by atoms with Crippen LogP contribution in [0, 0.1) is 17.8 Å². The fraction of sp³-hybridized carbons (Fsp3) is 0.741. The smallest absolute Gasteiger partial charge is 0.222 e. The summed E-state index contributed by atoms with van der Waals surface area (Å²) in [6.45, 7) is 2.52. The monoisotopic (exact) mass is 494 g/mol. The first-order valence-electron chi connectivity index (χ1n) is 12.9. The van der Waals surface area contributed by atoms with Gasteiger partial charge in [0.05, 0.1) is 11.7 Å². The van der Waals surface area contributed by atoms with Gasteiger partial charge in [-0.3, -0.25) is 4.79 Å². The molecule has 0 spiro atoms. The highest BCUT2D eigenvalue weighted by atomic mass is 35.5. The number of hydrogen-bond donors (Lipinski definition) is 2. The molecule has 3 atom stereocenters. The molecule has 0 aromatic heterocycles. The quantitative estimate of drug-likeness (QED) is 0.398. The highest BCUT2D eigenvalue weighted by molar-refractivity contribution is 6.30. The molecular formula is C27H43ClN2O4. The average Bonchev–Trinajstić information content (AvgIpc) is 2.82. The SMILES string of the molecule is COCCCC[C@@](O)(c1cccc(Cl)c1)[C@@H]1CCCN(C(=O)C[C@H](CN)CC2CC(OC)C2)C1. The first-order valence-corrected chi connectivity index (χ1v) is 13.2. The zero-order chi connectivity index (χ0) is 24.6. The average molecular weight is 495 g/mol. The number of halogens is 1. The first kappa shape index (κ1) is 27.4. The van der Waals surface area contributed by atoms with Crippen LogP contribution < -0.4 is 5.73 Å². The maximum absolute atomic E-state index is 13.3. The molecule has 192 valence electrons. The largest absolute Gasteiger partial charge is 0.385 e. The normalized spacial score (nSPS) is 25.4. The lowest BCUT2D eigenvalue weighted by atomic mass is 9.73. The predicted molar refractivity (Wildman–Crippen MR) is 136 cm³/mol. The fourth-order valence-corrected chi connectivity index (χ4v) is 5.94. The molecule has 1 aliphatic heterocycles. The van der Waals surface area contributed by atoms with Crippen molar-refractivity contribution >= 4 is 17.5 Å². The summed E-state index contributed by atoms with van der Waals surface area (Å²) in [6.07, 6.45) is 8.13. The number of carbonyl (C=O) groups excluding carboxylic acids is 1. The van der Waals surface area contributed by atoms with Crippen molar-refractivity contribution in [2.24, 2.45) is 23.5 Å². The minimum absolute atomic E-state index is 0.0309. The number of nitrogens with zero attached hydrogens (tertiary/aromatic N) is 1. The van der Waals surface area contributed by atoms with Crippen molar-refractivity contribution < 1.29 is 19.4 Å². The molecule has 2 aliphatic rings. The van der Waals surface area contributed by atoms with Crippen LogP contribution in [0.4, 0.5) is 0 Å². The number of piperidine rings is 1. The number of hydrogen-bond acceptors (Lipinski definition) is 5. The van der Waals surface area contributed by atoms with E-state index in [1.165, 1.54) is 0 Å². The standard InChI is InChI=1S/C27H43ClN2O4/c1-33-12-4-3-10-27(32,22-7-5-9-24(28)17-22)23-8-6-11-30(19-23)26(31)16-21(18-29)13-20-14-25(15-20)34-2/h5,7,9,17,20-21,23,25,32H,3-4,6,8,10-16,18-19,29H2,1-2H3/t20?,21-,23-,25?,27-/m1/s1. The molecular weight excluding hydrogens is 452 g/mol. The Morgan fingerprint density at radius 1 is 1.32 bits per heavy atom. The van der Waals surface area contributed by atoms with Gasteiger partial charge in [-0.25, -0.2) is 0 Å². The Bertz CT molecular complexity index is 773. The molecule has 0 bridgehead atoms. The van der Waals surface area contributed by atoms with Crippen molar-refractivity contribution in [3.63, 3.8) is 0 Å². The number of unbranched alkanes of at least 4 members (excludes halogenated alkanes) is 1. The van der Waals surface area contributed by atoms with Crippen LogP contribution in [0.5, 0.6) is 0 Å². The molecule has 1 saturated carbocycles. The van der Waals surface area contributed by atoms with E-state index in [2.05, 4.69) is 0 Å². The number of methoxy groups -OCH3 is 2. The van der Waals surface area contributed by atoms with Gasteiger partial charge in [-0.1, -0.05) is 23.7 Å². The Labute approximate surface area is 210 Å². The van der Waals surface area contributed by atoms with Gasteiger partial charge in [0.2, 0.25) is 5.91 Å². The topological polar surface area (TPSA) is 85.0 Å². The highest BCUT2D eigenvalue weighted by Gasteiger charge is 2.41. The summed E-state index contributed by atoms with van der Waals surface area (Å²) in [5, 5.41) is 12.6. The molecule has 1 aliphatic carbocycles. The van der Waals surface area contributed by atoms with Crippen molar-refractivity contribution in [1.82, 2.24) is 4.90 Å². The van der Waals surface area contributed by atoms with Crippen LogP contribution in [0.15, 0.2) is 24.3 Å². The van der Waals surface area contributed by atoms with Gasteiger partial charge in [-0.15, -0.1) is 0 Å². The highest BCUT2D eigenvalue weighted by Crippen LogP contribution is 2.41. The molecule has 34 heavy (non-hydrogen) atoms. The van der Waals surface area contributed by atoms with Crippen molar-refractivity contribution in [3.05, 3.63) is 34.9 Å². The van der Waals surface area contributed by atoms with Crippen molar-refractivity contribution in [3.8, 4) is 0 Å². The second-order valence-electron chi connectivity index (χ2n) is 10.3. The number of carbonyl (C=O) groups is 1. The van der Waals surface area contributed by atoms with E-state index in [1.807, 2.05) is 29.2 Å². The second kappa shape index (κ2) is 13.2. The van der Waals surface area contributed by atoms with Gasteiger partial charge in [0, 0.05) is 51.3 Å². The molecule has 2 fully saturated rings. The number of aliphatic hydroxyl groups is 1. The third-order valence-electron chi connectivity index (χ3n) is 7.92. The van der Waals surface area contributed by atoms with E-state index >= 15 is 0 Å². The van der Waals surface area contributed by atoms with Gasteiger partial charge < -0.3 is 25.2 Å². The van der Waals surface area contributed by atoms with Gasteiger partial charge in [-0.2, -0.15) is 0 Å². The van der Waals surface area contributed by atoms with Gasteiger partial charge in [0.15, 0.2) is 0 Å². The fourth-order valence-electron chi connectivity index (χ4n) is 5.75. The van der Waals surface area contributed by atoms with E-state index in [0.29, 0.717) is 49.6 Å². The number of benzene rings is 1. The summed E-state index contributed by atoms with van der Waals surface area (Å²) < 4.78 is 10.6. The van der Waals surface area contributed by atoms with E-state index in [-0.39, 0.29) is 17.7 Å². The Morgan fingerprint density at radius 3 is 2.79 bits per heavy atom. The van der Waals surface area contributed by atoms with E-state index in [4.69, 9.17) is 26.8 Å². The molecule has 1 aromatic rings. The van der Waals surface area contributed by atoms with Crippen LogP contribution in [0.1, 0.15) is 63.4 Å². The van der Waals surface area contributed by atoms with Gasteiger partial charge in [0.1, 0.15) is 0 Å². The maximum Gasteiger partial charge on any atom is 0.222 e. The van der Waals surface area contributed by atoms with Crippen LogP contribution in [-0.2, 0) is 19.9 Å². The minimum atomic E-state index is -1.02. The zero-order valence-electron chi connectivity index (χ0n) is 20.9.